The number of Topliss-reactive ketones (excluding diaryl/α,β-unsaturated/α-hetero) is 1. The lowest BCUT2D eigenvalue weighted by molar-refractivity contribution is -0.114. The van der Waals surface area contributed by atoms with Gasteiger partial charge in [0.15, 0.2) is 5.78 Å². The number of carbonyl (C=O) groups is 2. The fraction of sp³-hybridized carbons (Fsp3) is 0.750. The van der Waals surface area contributed by atoms with Crippen LogP contribution in [0.2, 0.25) is 0 Å². The molecule has 0 aliphatic carbocycles. The van der Waals surface area contributed by atoms with E-state index in [2.05, 4.69) is 5.32 Å². The van der Waals surface area contributed by atoms with Gasteiger partial charge in [-0.05, 0) is 27.2 Å². The average molecular weight is 242 g/mol. The minimum atomic E-state index is -0.651. The summed E-state index contributed by atoms with van der Waals surface area (Å²) in [5.74, 6) is -0.399. The van der Waals surface area contributed by atoms with Gasteiger partial charge in [0.1, 0.15) is 5.60 Å². The van der Waals surface area contributed by atoms with Crippen molar-refractivity contribution >= 4 is 18.1 Å². The van der Waals surface area contributed by atoms with Gasteiger partial charge in [0.05, 0.1) is 12.3 Å². The number of hydrogen-bond donors (Lipinski definition) is 2. The molecule has 0 aromatic rings. The van der Waals surface area contributed by atoms with Gasteiger partial charge in [-0.15, -0.1) is 0 Å². The smallest absolute Gasteiger partial charge is 0.408 e. The molecule has 2 N–H and O–H groups in total. The minimum absolute atomic E-state index is 0.399. The highest BCUT2D eigenvalue weighted by Gasteiger charge is 2.22. The first-order chi connectivity index (χ1) is 7.80. The molecule has 0 bridgehead atoms. The van der Waals surface area contributed by atoms with Crippen LogP contribution < -0.4 is 5.32 Å². The fourth-order valence-electron chi connectivity index (χ4n) is 1.24. The Morgan fingerprint density at radius 2 is 2.00 bits per heavy atom. The van der Waals surface area contributed by atoms with Crippen LogP contribution in [0.5, 0.6) is 0 Å². The third kappa shape index (κ3) is 7.49. The highest BCUT2D eigenvalue weighted by atomic mass is 16.6. The van der Waals surface area contributed by atoms with Crippen LogP contribution in [0.3, 0.4) is 0 Å². The number of amides is 1. The van der Waals surface area contributed by atoms with E-state index in [1.54, 1.807) is 20.8 Å². The van der Waals surface area contributed by atoms with Gasteiger partial charge < -0.3 is 15.5 Å². The molecule has 0 fully saturated rings. The molecule has 0 aliphatic rings. The summed E-state index contributed by atoms with van der Waals surface area (Å²) in [5, 5.41) is 9.43. The van der Waals surface area contributed by atoms with Gasteiger partial charge in [-0.25, -0.2) is 4.79 Å². The van der Waals surface area contributed by atoms with E-state index < -0.39 is 23.5 Å². The number of rotatable bonds is 6. The third-order valence-corrected chi connectivity index (χ3v) is 2.02. The van der Waals surface area contributed by atoms with Crippen LogP contribution >= 0.6 is 0 Å². The van der Waals surface area contributed by atoms with Crippen molar-refractivity contribution in [2.75, 3.05) is 0 Å². The molecule has 0 saturated carbocycles. The first kappa shape index (κ1) is 15.6. The van der Waals surface area contributed by atoms with Crippen molar-refractivity contribution in [2.45, 2.75) is 58.6 Å². The maximum absolute atomic E-state index is 11.5. The Hall–Kier alpha value is -1.39. The zero-order chi connectivity index (χ0) is 13.5. The summed E-state index contributed by atoms with van der Waals surface area (Å²) >= 11 is 0. The summed E-state index contributed by atoms with van der Waals surface area (Å²) < 4.78 is 5.07. The molecule has 1 amide bonds. The standard InChI is InChI=1S/C12H22N2O3/c1-5-6-7-9(10(15)8-13)14-11(16)17-12(2,3)4/h8-9,13H,5-7H2,1-4H3,(H,14,16)/t9-/m0/s1. The maximum Gasteiger partial charge on any atom is 0.408 e. The first-order valence-electron chi connectivity index (χ1n) is 5.84. The molecule has 5 heteroatoms. The topological polar surface area (TPSA) is 79.2 Å². The van der Waals surface area contributed by atoms with Gasteiger partial charge in [-0.3, -0.25) is 4.79 Å². The summed E-state index contributed by atoms with van der Waals surface area (Å²) in [4.78, 5) is 22.9. The molecule has 0 unspecified atom stereocenters. The Morgan fingerprint density at radius 3 is 2.41 bits per heavy atom. The number of ketones is 1. The van der Waals surface area contributed by atoms with Gasteiger partial charge >= 0.3 is 6.09 Å². The molecule has 0 heterocycles. The van der Waals surface area contributed by atoms with E-state index in [-0.39, 0.29) is 0 Å². The third-order valence-electron chi connectivity index (χ3n) is 2.02. The van der Waals surface area contributed by atoms with Gasteiger partial charge in [0.2, 0.25) is 0 Å². The molecule has 0 rings (SSSR count). The number of ether oxygens (including phenoxy) is 1. The summed E-state index contributed by atoms with van der Waals surface area (Å²) in [6.07, 6.45) is 2.40. The largest absolute Gasteiger partial charge is 0.444 e. The first-order valence-corrected chi connectivity index (χ1v) is 5.84. The normalized spacial score (nSPS) is 12.7. The summed E-state index contributed by atoms with van der Waals surface area (Å²) in [5.41, 5.74) is -0.590. The second-order valence-corrected chi connectivity index (χ2v) is 4.89. The van der Waals surface area contributed by atoms with Crippen LogP contribution in [0, 0.1) is 5.41 Å². The summed E-state index contributed by atoms with van der Waals surface area (Å²) in [7, 11) is 0. The van der Waals surface area contributed by atoms with Gasteiger partial charge in [-0.2, -0.15) is 0 Å². The Balaban J connectivity index is 4.37. The van der Waals surface area contributed by atoms with Crippen LogP contribution in [-0.2, 0) is 9.53 Å². The quantitative estimate of drug-likeness (QED) is 0.701. The van der Waals surface area contributed by atoms with E-state index in [0.717, 1.165) is 19.1 Å². The molecule has 0 spiro atoms. The van der Waals surface area contributed by atoms with Crippen LogP contribution in [0.4, 0.5) is 4.79 Å². The van der Waals surface area contributed by atoms with Crippen molar-refractivity contribution in [2.24, 2.45) is 0 Å². The number of carbonyl (C=O) groups excluding carboxylic acids is 2. The van der Waals surface area contributed by atoms with Crippen LogP contribution in [-0.4, -0.2) is 29.7 Å². The zero-order valence-electron chi connectivity index (χ0n) is 11.0. The Bertz CT molecular complexity index is 282. The average Bonchev–Trinajstić information content (AvgIpc) is 2.20. The maximum atomic E-state index is 11.5. The van der Waals surface area contributed by atoms with Crippen molar-refractivity contribution in [1.82, 2.24) is 5.32 Å². The van der Waals surface area contributed by atoms with Crippen LogP contribution in [0.1, 0.15) is 47.0 Å². The lowest BCUT2D eigenvalue weighted by atomic mass is 10.1. The second-order valence-electron chi connectivity index (χ2n) is 4.89. The monoisotopic (exact) mass is 242 g/mol. The predicted octanol–water partition coefficient (Wildman–Crippen LogP) is 2.29. The van der Waals surface area contributed by atoms with E-state index in [1.165, 1.54) is 0 Å². The zero-order valence-corrected chi connectivity index (χ0v) is 11.0. The van der Waals surface area contributed by atoms with Crippen molar-refractivity contribution < 1.29 is 14.3 Å². The number of hydrogen-bond acceptors (Lipinski definition) is 4. The fourth-order valence-corrected chi connectivity index (χ4v) is 1.24. The van der Waals surface area contributed by atoms with E-state index in [0.29, 0.717) is 6.42 Å². The summed E-state index contributed by atoms with van der Waals surface area (Å²) in [6, 6.07) is -0.651. The van der Waals surface area contributed by atoms with E-state index >= 15 is 0 Å². The molecule has 0 radical (unpaired) electrons. The minimum Gasteiger partial charge on any atom is -0.444 e. The molecule has 5 nitrogen and oxygen atoms in total. The summed E-state index contributed by atoms with van der Waals surface area (Å²) in [6.45, 7) is 7.27. The molecule has 98 valence electrons. The number of unbranched alkanes of at least 4 members (excludes halogenated alkanes) is 1. The van der Waals surface area contributed by atoms with Crippen LogP contribution in [0.15, 0.2) is 0 Å². The molecule has 0 saturated heterocycles. The van der Waals surface area contributed by atoms with Crippen molar-refractivity contribution in [1.29, 1.82) is 5.41 Å². The van der Waals surface area contributed by atoms with E-state index in [9.17, 15) is 9.59 Å². The SMILES string of the molecule is CCCC[C@H](NC(=O)OC(C)(C)C)C(=O)C=N. The molecule has 17 heavy (non-hydrogen) atoms. The van der Waals surface area contributed by atoms with Gasteiger partial charge in [-0.1, -0.05) is 19.8 Å². The molecule has 0 aromatic heterocycles. The lowest BCUT2D eigenvalue weighted by Gasteiger charge is -2.22. The lowest BCUT2D eigenvalue weighted by Crippen LogP contribution is -2.43. The van der Waals surface area contributed by atoms with Gasteiger partial charge in [0.25, 0.3) is 0 Å². The molecule has 0 aliphatic heterocycles. The number of nitrogens with one attached hydrogen (secondary N) is 2. The van der Waals surface area contributed by atoms with Crippen molar-refractivity contribution in [3.05, 3.63) is 0 Å². The highest BCUT2D eigenvalue weighted by molar-refractivity contribution is 6.29. The second kappa shape index (κ2) is 7.04. The molecular formula is C12H22N2O3. The highest BCUT2D eigenvalue weighted by Crippen LogP contribution is 2.08. The van der Waals surface area contributed by atoms with Gasteiger partial charge in [0, 0.05) is 0 Å². The molecule has 1 atom stereocenters. The van der Waals surface area contributed by atoms with Crippen molar-refractivity contribution in [3.63, 3.8) is 0 Å². The molecule has 0 aromatic carbocycles. The Morgan fingerprint density at radius 1 is 1.41 bits per heavy atom. The van der Waals surface area contributed by atoms with E-state index in [4.69, 9.17) is 10.1 Å². The van der Waals surface area contributed by atoms with Crippen LogP contribution in [0.25, 0.3) is 0 Å². The Kier molecular flexibility index (Phi) is 6.46. The molecular weight excluding hydrogens is 220 g/mol. The van der Waals surface area contributed by atoms with E-state index in [1.807, 2.05) is 6.92 Å². The van der Waals surface area contributed by atoms with Crippen molar-refractivity contribution in [3.8, 4) is 0 Å². The number of alkyl carbamates (subject to hydrolysis) is 1. The Labute approximate surface area is 102 Å². The predicted molar refractivity (Wildman–Crippen MR) is 66.5 cm³/mol.